The molecular formula is C9H8FN5. The third-order valence-corrected chi connectivity index (χ3v) is 1.73. The Balaban J connectivity index is 2.32. The monoisotopic (exact) mass is 205 g/mol. The Morgan fingerprint density at radius 1 is 1.47 bits per heavy atom. The molecule has 15 heavy (non-hydrogen) atoms. The first-order valence-electron chi connectivity index (χ1n) is 4.20. The highest BCUT2D eigenvalue weighted by Gasteiger charge is 2.01. The maximum atomic E-state index is 12.8. The molecule has 0 saturated heterocycles. The third-order valence-electron chi connectivity index (χ3n) is 1.73. The van der Waals surface area contributed by atoms with Gasteiger partial charge in [-0.2, -0.15) is 5.10 Å². The van der Waals surface area contributed by atoms with Crippen molar-refractivity contribution < 1.29 is 4.39 Å². The molecule has 0 atom stereocenters. The van der Waals surface area contributed by atoms with Gasteiger partial charge < -0.3 is 5.73 Å². The van der Waals surface area contributed by atoms with Crippen molar-refractivity contribution in [2.45, 2.75) is 0 Å². The van der Waals surface area contributed by atoms with Gasteiger partial charge in [0.25, 0.3) is 0 Å². The molecule has 76 valence electrons. The van der Waals surface area contributed by atoms with Gasteiger partial charge >= 0.3 is 0 Å². The molecule has 0 bridgehead atoms. The molecule has 0 aliphatic rings. The molecule has 0 aromatic carbocycles. The van der Waals surface area contributed by atoms with Crippen molar-refractivity contribution in [3.8, 4) is 0 Å². The minimum atomic E-state index is -0.449. The number of hydrogen-bond acceptors (Lipinski definition) is 3. The maximum absolute atomic E-state index is 12.8. The summed E-state index contributed by atoms with van der Waals surface area (Å²) >= 11 is 0. The summed E-state index contributed by atoms with van der Waals surface area (Å²) in [5.74, 6) is 0.248. The average molecular weight is 205 g/mol. The number of amidine groups is 1. The van der Waals surface area contributed by atoms with Crippen molar-refractivity contribution in [3.05, 3.63) is 42.1 Å². The number of halogens is 1. The molecule has 5 nitrogen and oxygen atoms in total. The van der Waals surface area contributed by atoms with Crippen LogP contribution < -0.4 is 5.73 Å². The quantitative estimate of drug-likeness (QED) is 0.566. The van der Waals surface area contributed by atoms with Gasteiger partial charge in [-0.3, -0.25) is 10.1 Å². The van der Waals surface area contributed by atoms with Crippen LogP contribution in [0.2, 0.25) is 0 Å². The lowest BCUT2D eigenvalue weighted by Crippen LogP contribution is -2.13. The molecule has 0 aliphatic carbocycles. The van der Waals surface area contributed by atoms with Crippen LogP contribution in [0.4, 0.5) is 10.2 Å². The van der Waals surface area contributed by atoms with E-state index >= 15 is 0 Å². The van der Waals surface area contributed by atoms with Crippen LogP contribution in [0.25, 0.3) is 0 Å². The zero-order valence-electron chi connectivity index (χ0n) is 7.68. The normalized spacial score (nSPS) is 11.7. The molecule has 0 saturated carbocycles. The SMILES string of the molecule is N/C(=N\c1ccn[nH]1)c1cncc(F)c1. The molecule has 0 fully saturated rings. The van der Waals surface area contributed by atoms with Crippen LogP contribution in [-0.4, -0.2) is 21.0 Å². The van der Waals surface area contributed by atoms with E-state index in [-0.39, 0.29) is 5.84 Å². The molecule has 0 aliphatic heterocycles. The molecule has 2 aromatic heterocycles. The van der Waals surface area contributed by atoms with Crippen molar-refractivity contribution in [1.82, 2.24) is 15.2 Å². The fourth-order valence-electron chi connectivity index (χ4n) is 1.06. The lowest BCUT2D eigenvalue weighted by molar-refractivity contribution is 0.621. The van der Waals surface area contributed by atoms with E-state index in [9.17, 15) is 4.39 Å². The molecule has 0 spiro atoms. The topological polar surface area (TPSA) is 80.0 Å². The predicted octanol–water partition coefficient (Wildman–Crippen LogP) is 0.981. The number of hydrogen-bond donors (Lipinski definition) is 2. The summed E-state index contributed by atoms with van der Waals surface area (Å²) in [7, 11) is 0. The predicted molar refractivity (Wildman–Crippen MR) is 53.2 cm³/mol. The van der Waals surface area contributed by atoms with Crippen molar-refractivity contribution in [2.24, 2.45) is 10.7 Å². The van der Waals surface area contributed by atoms with Crippen LogP contribution in [0, 0.1) is 5.82 Å². The fourth-order valence-corrected chi connectivity index (χ4v) is 1.06. The largest absolute Gasteiger partial charge is 0.383 e. The second kappa shape index (κ2) is 3.87. The molecule has 0 amide bonds. The highest BCUT2D eigenvalue weighted by atomic mass is 19.1. The van der Waals surface area contributed by atoms with Gasteiger partial charge in [-0.1, -0.05) is 0 Å². The van der Waals surface area contributed by atoms with Crippen LogP contribution in [0.1, 0.15) is 5.56 Å². The molecule has 0 radical (unpaired) electrons. The minimum absolute atomic E-state index is 0.186. The van der Waals surface area contributed by atoms with E-state index in [1.807, 2.05) is 0 Å². The molecule has 6 heteroatoms. The number of aromatic amines is 1. The first kappa shape index (κ1) is 9.32. The Morgan fingerprint density at radius 3 is 3.00 bits per heavy atom. The standard InChI is InChI=1S/C9H8FN5/c10-7-3-6(4-12-5-7)9(11)14-8-1-2-13-15-8/h1-5H,(H3,11,13,14,15). The maximum Gasteiger partial charge on any atom is 0.150 e. The van der Waals surface area contributed by atoms with Crippen LogP contribution in [0.15, 0.2) is 35.7 Å². The molecular weight excluding hydrogens is 197 g/mol. The highest BCUT2D eigenvalue weighted by Crippen LogP contribution is 2.07. The summed E-state index contributed by atoms with van der Waals surface area (Å²) in [6, 6.07) is 2.92. The van der Waals surface area contributed by atoms with Gasteiger partial charge in [0.2, 0.25) is 0 Å². The summed E-state index contributed by atoms with van der Waals surface area (Å²) in [4.78, 5) is 7.67. The van der Waals surface area contributed by atoms with Crippen LogP contribution in [0.3, 0.4) is 0 Å². The molecule has 0 unspecified atom stereocenters. The Hall–Kier alpha value is -2.24. The Morgan fingerprint density at radius 2 is 2.33 bits per heavy atom. The van der Waals surface area contributed by atoms with E-state index in [2.05, 4.69) is 20.2 Å². The number of rotatable bonds is 2. The van der Waals surface area contributed by atoms with Crippen molar-refractivity contribution in [2.75, 3.05) is 0 Å². The Labute approximate surface area is 84.9 Å². The van der Waals surface area contributed by atoms with E-state index in [0.717, 1.165) is 6.20 Å². The first-order valence-corrected chi connectivity index (χ1v) is 4.20. The number of pyridine rings is 1. The van der Waals surface area contributed by atoms with Gasteiger partial charge in [-0.05, 0) is 6.07 Å². The smallest absolute Gasteiger partial charge is 0.150 e. The zero-order chi connectivity index (χ0) is 10.7. The molecule has 3 N–H and O–H groups in total. The van der Waals surface area contributed by atoms with E-state index in [1.165, 1.54) is 12.3 Å². The summed E-state index contributed by atoms with van der Waals surface area (Å²) in [6.45, 7) is 0. The van der Waals surface area contributed by atoms with Crippen LogP contribution >= 0.6 is 0 Å². The van der Waals surface area contributed by atoms with Gasteiger partial charge in [-0.15, -0.1) is 0 Å². The van der Waals surface area contributed by atoms with Gasteiger partial charge in [0, 0.05) is 17.8 Å². The van der Waals surface area contributed by atoms with E-state index in [4.69, 9.17) is 5.73 Å². The summed E-state index contributed by atoms with van der Waals surface area (Å²) < 4.78 is 12.8. The number of nitrogens with two attached hydrogens (primary N) is 1. The summed E-state index contributed by atoms with van der Waals surface area (Å²) in [5, 5.41) is 6.33. The van der Waals surface area contributed by atoms with E-state index < -0.39 is 5.82 Å². The van der Waals surface area contributed by atoms with Gasteiger partial charge in [0.1, 0.15) is 17.5 Å². The first-order chi connectivity index (χ1) is 7.25. The second-order valence-electron chi connectivity index (χ2n) is 2.83. The number of nitrogens with zero attached hydrogens (tertiary/aromatic N) is 3. The number of aliphatic imine (C=N–C) groups is 1. The van der Waals surface area contributed by atoms with Gasteiger partial charge in [0.05, 0.1) is 12.4 Å². The molecule has 2 heterocycles. The van der Waals surface area contributed by atoms with Gasteiger partial charge in [0.15, 0.2) is 0 Å². The zero-order valence-corrected chi connectivity index (χ0v) is 7.68. The van der Waals surface area contributed by atoms with Gasteiger partial charge in [-0.25, -0.2) is 9.38 Å². The minimum Gasteiger partial charge on any atom is -0.383 e. The number of aromatic nitrogens is 3. The third kappa shape index (κ3) is 2.16. The highest BCUT2D eigenvalue weighted by molar-refractivity contribution is 5.98. The summed E-state index contributed by atoms with van der Waals surface area (Å²) in [5.41, 5.74) is 6.09. The number of nitrogens with one attached hydrogen (secondary N) is 1. The fraction of sp³-hybridized carbons (Fsp3) is 0. The second-order valence-corrected chi connectivity index (χ2v) is 2.83. The molecule has 2 rings (SSSR count). The lowest BCUT2D eigenvalue weighted by Gasteiger charge is -1.98. The average Bonchev–Trinajstić information content (AvgIpc) is 2.70. The Bertz CT molecular complexity index is 477. The van der Waals surface area contributed by atoms with Crippen molar-refractivity contribution in [1.29, 1.82) is 0 Å². The summed E-state index contributed by atoms with van der Waals surface area (Å²) in [6.07, 6.45) is 4.10. The van der Waals surface area contributed by atoms with Crippen molar-refractivity contribution >= 4 is 11.7 Å². The van der Waals surface area contributed by atoms with Crippen molar-refractivity contribution in [3.63, 3.8) is 0 Å². The lowest BCUT2D eigenvalue weighted by atomic mass is 10.2. The molecule has 2 aromatic rings. The number of H-pyrrole nitrogens is 1. The van der Waals surface area contributed by atoms with E-state index in [0.29, 0.717) is 11.4 Å². The Kier molecular flexibility index (Phi) is 2.40. The van der Waals surface area contributed by atoms with Crippen LogP contribution in [0.5, 0.6) is 0 Å². The van der Waals surface area contributed by atoms with Crippen LogP contribution in [-0.2, 0) is 0 Å². The van der Waals surface area contributed by atoms with E-state index in [1.54, 1.807) is 12.3 Å².